The molecule has 2 atom stereocenters. The molecule has 1 aliphatic rings. The molecule has 0 aliphatic carbocycles. The van der Waals surface area contributed by atoms with Crippen LogP contribution in [0.5, 0.6) is 0 Å². The molecule has 0 saturated carbocycles. The summed E-state index contributed by atoms with van der Waals surface area (Å²) in [4.78, 5) is 27.3. The van der Waals surface area contributed by atoms with Gasteiger partial charge in [0.25, 0.3) is 0 Å². The highest BCUT2D eigenvalue weighted by atomic mass is 19.4. The van der Waals surface area contributed by atoms with Crippen LogP contribution in [-0.4, -0.2) is 36.9 Å². The zero-order valence-electron chi connectivity index (χ0n) is 20.1. The fraction of sp³-hybridized carbons (Fsp3) is 0.214. The summed E-state index contributed by atoms with van der Waals surface area (Å²) < 4.78 is 38.4. The lowest BCUT2D eigenvalue weighted by atomic mass is 9.88. The zero-order chi connectivity index (χ0) is 26.6. The molecule has 192 valence electrons. The van der Waals surface area contributed by atoms with Crippen LogP contribution in [0.2, 0.25) is 0 Å². The minimum Gasteiger partial charge on any atom is -0.397 e. The number of rotatable bonds is 6. The van der Waals surface area contributed by atoms with Crippen LogP contribution < -0.4 is 16.4 Å². The number of benzene rings is 3. The molecule has 9 heteroatoms. The van der Waals surface area contributed by atoms with Gasteiger partial charge in [-0.05, 0) is 60.6 Å². The Labute approximate surface area is 213 Å². The second kappa shape index (κ2) is 10.9. The van der Waals surface area contributed by atoms with Crippen molar-refractivity contribution in [1.29, 1.82) is 0 Å². The predicted octanol–water partition coefficient (Wildman–Crippen LogP) is 5.22. The average molecular weight is 509 g/mol. The van der Waals surface area contributed by atoms with Crippen molar-refractivity contribution in [1.82, 2.24) is 4.90 Å². The van der Waals surface area contributed by atoms with E-state index in [1.165, 1.54) is 18.2 Å². The first-order valence-electron chi connectivity index (χ1n) is 11.7. The Kier molecular flexibility index (Phi) is 7.63. The number of amides is 2. The molecule has 2 amide bonds. The number of para-hydroxylation sites is 2. The molecular formula is C28H27F3N4O2. The van der Waals surface area contributed by atoms with Crippen LogP contribution in [0.1, 0.15) is 22.6 Å². The molecule has 1 fully saturated rings. The van der Waals surface area contributed by atoms with Gasteiger partial charge >= 0.3 is 6.18 Å². The van der Waals surface area contributed by atoms with Crippen molar-refractivity contribution >= 4 is 35.0 Å². The Balaban J connectivity index is 1.40. The van der Waals surface area contributed by atoms with Gasteiger partial charge in [0, 0.05) is 30.8 Å². The fourth-order valence-electron chi connectivity index (χ4n) is 4.39. The van der Waals surface area contributed by atoms with E-state index in [-0.39, 0.29) is 23.7 Å². The molecule has 0 bridgehead atoms. The highest BCUT2D eigenvalue weighted by Gasteiger charge is 2.37. The molecule has 0 aromatic heterocycles. The minimum atomic E-state index is -4.43. The van der Waals surface area contributed by atoms with E-state index in [1.54, 1.807) is 30.3 Å². The Morgan fingerprint density at radius 2 is 1.62 bits per heavy atom. The average Bonchev–Trinajstić information content (AvgIpc) is 3.26. The van der Waals surface area contributed by atoms with Crippen LogP contribution in [0.3, 0.4) is 0 Å². The molecule has 6 nitrogen and oxygen atoms in total. The van der Waals surface area contributed by atoms with Crippen molar-refractivity contribution in [2.75, 3.05) is 36.5 Å². The highest BCUT2D eigenvalue weighted by Crippen LogP contribution is 2.34. The van der Waals surface area contributed by atoms with E-state index in [2.05, 4.69) is 15.5 Å². The molecule has 3 aromatic carbocycles. The molecule has 1 saturated heterocycles. The van der Waals surface area contributed by atoms with E-state index in [0.717, 1.165) is 23.3 Å². The first kappa shape index (κ1) is 26.0. The minimum absolute atomic E-state index is 0.0816. The van der Waals surface area contributed by atoms with Gasteiger partial charge in [-0.3, -0.25) is 9.59 Å². The molecule has 4 N–H and O–H groups in total. The van der Waals surface area contributed by atoms with Crippen molar-refractivity contribution in [3.63, 3.8) is 0 Å². The van der Waals surface area contributed by atoms with Gasteiger partial charge in [-0.2, -0.15) is 13.2 Å². The van der Waals surface area contributed by atoms with E-state index >= 15 is 0 Å². The third kappa shape index (κ3) is 6.56. The number of alkyl halides is 3. The molecule has 1 aliphatic heterocycles. The quantitative estimate of drug-likeness (QED) is 0.315. The number of nitrogens with two attached hydrogens (primary N) is 1. The molecule has 0 radical (unpaired) electrons. The normalized spacial score (nSPS) is 18.2. The summed E-state index contributed by atoms with van der Waals surface area (Å²) in [6.45, 7) is 1.20. The first-order chi connectivity index (χ1) is 17.6. The number of nitrogens with one attached hydrogen (secondary N) is 2. The van der Waals surface area contributed by atoms with Crippen LogP contribution >= 0.6 is 0 Å². The molecule has 0 spiro atoms. The number of likely N-dealkylation sites (N-methyl/N-ethyl adjacent to an activating group) is 1. The summed E-state index contributed by atoms with van der Waals surface area (Å²) >= 11 is 0. The third-order valence-electron chi connectivity index (χ3n) is 6.33. The standard InChI is InChI=1S/C28H27F3N4O2/c1-35-16-22(23(17-35)27(37)33-21-13-11-20(12-14-21)28(29,30)31)19-9-6-18(7-10-19)8-15-26(36)34-25-5-3-2-4-24(25)32/h2-15,22-23H,16-17,32H2,1H3,(H,33,37)(H,34,36). The molecular weight excluding hydrogens is 481 g/mol. The van der Waals surface area contributed by atoms with E-state index in [1.807, 2.05) is 31.3 Å². The van der Waals surface area contributed by atoms with Gasteiger partial charge in [-0.25, -0.2) is 0 Å². The van der Waals surface area contributed by atoms with E-state index < -0.39 is 11.7 Å². The molecule has 1 heterocycles. The van der Waals surface area contributed by atoms with Gasteiger partial charge < -0.3 is 21.3 Å². The lowest BCUT2D eigenvalue weighted by Crippen LogP contribution is -2.28. The first-order valence-corrected chi connectivity index (χ1v) is 11.7. The van der Waals surface area contributed by atoms with E-state index in [4.69, 9.17) is 5.73 Å². The van der Waals surface area contributed by atoms with Gasteiger partial charge in [-0.1, -0.05) is 36.4 Å². The zero-order valence-corrected chi connectivity index (χ0v) is 20.1. The number of carbonyl (C=O) groups is 2. The van der Waals surface area contributed by atoms with Crippen molar-refractivity contribution in [3.8, 4) is 0 Å². The maximum absolute atomic E-state index is 13.0. The van der Waals surface area contributed by atoms with Crippen LogP contribution in [0.4, 0.5) is 30.2 Å². The number of likely N-dealkylation sites (tertiary alicyclic amines) is 1. The van der Waals surface area contributed by atoms with Crippen molar-refractivity contribution < 1.29 is 22.8 Å². The van der Waals surface area contributed by atoms with Gasteiger partial charge in [0.15, 0.2) is 0 Å². The Bertz CT molecular complexity index is 1290. The lowest BCUT2D eigenvalue weighted by Gasteiger charge is -2.19. The topological polar surface area (TPSA) is 87.5 Å². The molecule has 4 rings (SSSR count). The predicted molar refractivity (Wildman–Crippen MR) is 139 cm³/mol. The number of hydrogen-bond donors (Lipinski definition) is 3. The summed E-state index contributed by atoms with van der Waals surface area (Å²) in [7, 11) is 1.92. The second-order valence-electron chi connectivity index (χ2n) is 9.08. The third-order valence-corrected chi connectivity index (χ3v) is 6.33. The summed E-state index contributed by atoms with van der Waals surface area (Å²) in [5.41, 5.74) is 8.21. The molecule has 3 aromatic rings. The number of hydrogen-bond acceptors (Lipinski definition) is 4. The second-order valence-corrected chi connectivity index (χ2v) is 9.08. The van der Waals surface area contributed by atoms with E-state index in [9.17, 15) is 22.8 Å². The van der Waals surface area contributed by atoms with Crippen molar-refractivity contribution in [2.24, 2.45) is 5.92 Å². The van der Waals surface area contributed by atoms with Gasteiger partial charge in [0.05, 0.1) is 22.9 Å². The van der Waals surface area contributed by atoms with Crippen LogP contribution in [0.15, 0.2) is 78.9 Å². The Hall–Kier alpha value is -4.11. The van der Waals surface area contributed by atoms with Gasteiger partial charge in [-0.15, -0.1) is 0 Å². The van der Waals surface area contributed by atoms with Gasteiger partial charge in [0.2, 0.25) is 11.8 Å². The number of nitrogens with zero attached hydrogens (tertiary/aromatic N) is 1. The van der Waals surface area contributed by atoms with Crippen LogP contribution in [0, 0.1) is 5.92 Å². The van der Waals surface area contributed by atoms with Gasteiger partial charge in [0.1, 0.15) is 0 Å². The smallest absolute Gasteiger partial charge is 0.397 e. The fourth-order valence-corrected chi connectivity index (χ4v) is 4.39. The molecule has 37 heavy (non-hydrogen) atoms. The summed E-state index contributed by atoms with van der Waals surface area (Å²) in [6, 6.07) is 19.0. The summed E-state index contributed by atoms with van der Waals surface area (Å²) in [5.74, 6) is -0.994. The number of nitrogen functional groups attached to an aromatic ring is 1. The van der Waals surface area contributed by atoms with Crippen molar-refractivity contribution in [2.45, 2.75) is 12.1 Å². The SMILES string of the molecule is CN1CC(C(=O)Nc2ccc(C(F)(F)F)cc2)C(c2ccc(C=CC(=O)Nc3ccccc3N)cc2)C1. The maximum atomic E-state index is 13.0. The lowest BCUT2D eigenvalue weighted by molar-refractivity contribution is -0.137. The number of carbonyl (C=O) groups excluding carboxylic acids is 2. The number of anilines is 3. The van der Waals surface area contributed by atoms with Crippen molar-refractivity contribution in [3.05, 3.63) is 95.6 Å². The van der Waals surface area contributed by atoms with Crippen LogP contribution in [-0.2, 0) is 15.8 Å². The van der Waals surface area contributed by atoms with E-state index in [0.29, 0.717) is 30.2 Å². The Morgan fingerprint density at radius 3 is 2.27 bits per heavy atom. The highest BCUT2D eigenvalue weighted by molar-refractivity contribution is 6.03. The Morgan fingerprint density at radius 1 is 0.946 bits per heavy atom. The molecule has 2 unspecified atom stereocenters. The monoisotopic (exact) mass is 508 g/mol. The largest absolute Gasteiger partial charge is 0.416 e. The summed E-state index contributed by atoms with van der Waals surface area (Å²) in [5, 5.41) is 5.49. The summed E-state index contributed by atoms with van der Waals surface area (Å²) in [6.07, 6.45) is -1.32. The number of halogens is 3. The van der Waals surface area contributed by atoms with Crippen LogP contribution in [0.25, 0.3) is 6.08 Å². The maximum Gasteiger partial charge on any atom is 0.416 e.